The molecule has 0 bridgehead atoms. The van der Waals surface area contributed by atoms with Gasteiger partial charge in [-0.2, -0.15) is 0 Å². The maximum atomic E-state index is 4.98. The van der Waals surface area contributed by atoms with Crippen LogP contribution >= 0.6 is 22.7 Å². The zero-order valence-electron chi connectivity index (χ0n) is 51.1. The lowest BCUT2D eigenvalue weighted by Gasteiger charge is -2.21. The van der Waals surface area contributed by atoms with Crippen molar-refractivity contribution in [2.45, 2.75) is 38.5 Å². The standard InChI is InChI=1S/2C42H29N3S/c1-42(2)35-22-10-9-19-31(35)33-24-34-32-21-12-20-30(38(32)46-37(34)25-36(33)42)28-17-11-18-29(23-28)41-44-39(26-13-5-3-6-14-26)43-40(45-41)27-15-7-4-8-16-27;1-42(2)35-16-10-9-15-31(35)32-24-34-33-23-30(21-22-37(33)46-38(34)25-36(32)42)26-17-19-29(20-18-26)41-44-39(27-11-5-3-6-12-27)43-40(45-41)28-13-7-4-8-14-28/h2*3-25H,1-2H3. The first-order valence-corrected chi connectivity index (χ1v) is 32.9. The highest BCUT2D eigenvalue weighted by molar-refractivity contribution is 7.26. The molecule has 2 aliphatic carbocycles. The number of thiophene rings is 2. The molecule has 12 aromatic carbocycles. The van der Waals surface area contributed by atoms with E-state index in [-0.39, 0.29) is 10.8 Å². The first kappa shape index (κ1) is 55.2. The molecule has 0 radical (unpaired) electrons. The van der Waals surface area contributed by atoms with Crippen LogP contribution in [0.3, 0.4) is 0 Å². The molecule has 0 fully saturated rings. The molecule has 4 aromatic heterocycles. The van der Waals surface area contributed by atoms with Crippen LogP contribution in [0.5, 0.6) is 0 Å². The van der Waals surface area contributed by atoms with Crippen LogP contribution in [0.25, 0.3) is 153 Å². The number of rotatable bonds is 8. The van der Waals surface area contributed by atoms with Gasteiger partial charge in [-0.05, 0) is 109 Å². The molecule has 6 nitrogen and oxygen atoms in total. The zero-order chi connectivity index (χ0) is 61.7. The molecule has 16 aromatic rings. The van der Waals surface area contributed by atoms with Crippen molar-refractivity contribution in [1.82, 2.24) is 29.9 Å². The Morgan fingerprint density at radius 3 is 1.08 bits per heavy atom. The fourth-order valence-corrected chi connectivity index (χ4v) is 16.2. The van der Waals surface area contributed by atoms with Crippen molar-refractivity contribution in [2.75, 3.05) is 0 Å². The highest BCUT2D eigenvalue weighted by Gasteiger charge is 2.37. The second kappa shape index (κ2) is 22.0. The van der Waals surface area contributed by atoms with Crippen molar-refractivity contribution in [3.05, 3.63) is 301 Å². The van der Waals surface area contributed by atoms with Crippen LogP contribution in [0.15, 0.2) is 279 Å². The monoisotopic (exact) mass is 1210 g/mol. The highest BCUT2D eigenvalue weighted by atomic mass is 32.1. The molecule has 0 atom stereocenters. The number of benzene rings is 12. The highest BCUT2D eigenvalue weighted by Crippen LogP contribution is 2.54. The minimum absolute atomic E-state index is 0.00540. The summed E-state index contributed by atoms with van der Waals surface area (Å²) in [6, 6.07) is 98.7. The Hall–Kier alpha value is -10.9. The number of fused-ring (bicyclic) bond motifs is 12. The van der Waals surface area contributed by atoms with Gasteiger partial charge in [-0.15, -0.1) is 22.7 Å². The number of nitrogens with zero attached hydrogens (tertiary/aromatic N) is 6. The molecule has 0 saturated heterocycles. The van der Waals surface area contributed by atoms with Gasteiger partial charge in [0.05, 0.1) is 0 Å². The molecule has 0 saturated carbocycles. The summed E-state index contributed by atoms with van der Waals surface area (Å²) in [5.41, 5.74) is 21.6. The average molecular weight is 1220 g/mol. The van der Waals surface area contributed by atoms with Crippen LogP contribution in [0, 0.1) is 0 Å². The molecular formula is C84H58N6S2. The molecule has 0 spiro atoms. The van der Waals surface area contributed by atoms with Crippen molar-refractivity contribution in [2.24, 2.45) is 0 Å². The third-order valence-electron chi connectivity index (χ3n) is 18.7. The lowest BCUT2D eigenvalue weighted by molar-refractivity contribution is 0.661. The quantitative estimate of drug-likeness (QED) is 0.151. The fourth-order valence-electron chi connectivity index (χ4n) is 13.9. The van der Waals surface area contributed by atoms with Gasteiger partial charge in [-0.25, -0.2) is 29.9 Å². The van der Waals surface area contributed by atoms with Crippen molar-refractivity contribution < 1.29 is 0 Å². The predicted molar refractivity (Wildman–Crippen MR) is 384 cm³/mol. The van der Waals surface area contributed by atoms with Gasteiger partial charge in [0, 0.05) is 84.6 Å². The van der Waals surface area contributed by atoms with E-state index < -0.39 is 0 Å². The second-order valence-corrected chi connectivity index (χ2v) is 27.1. The van der Waals surface area contributed by atoms with E-state index in [9.17, 15) is 0 Å². The third kappa shape index (κ3) is 9.44. The maximum absolute atomic E-state index is 4.98. The SMILES string of the molecule is CC1(C)c2ccccc2-c2cc3c(cc21)sc1c(-c2cccc(-c4nc(-c5ccccc5)nc(-c5ccccc5)n4)c2)cccc13.CC1(C)c2ccccc2-c2cc3c(cc21)sc1ccc(-c2ccc(-c4nc(-c5ccccc5)nc(-c5ccccc5)n4)cc2)cc13. The van der Waals surface area contributed by atoms with Gasteiger partial charge in [-0.1, -0.05) is 264 Å². The fraction of sp³-hybridized carbons (Fsp3) is 0.0714. The summed E-state index contributed by atoms with van der Waals surface area (Å²) in [4.78, 5) is 29.5. The lowest BCUT2D eigenvalue weighted by atomic mass is 9.82. The first-order chi connectivity index (χ1) is 45.1. The van der Waals surface area contributed by atoms with Crippen LogP contribution in [-0.4, -0.2) is 29.9 Å². The normalized spacial score (nSPS) is 13.2. The van der Waals surface area contributed by atoms with E-state index in [2.05, 4.69) is 185 Å². The van der Waals surface area contributed by atoms with Gasteiger partial charge < -0.3 is 0 Å². The zero-order valence-corrected chi connectivity index (χ0v) is 52.7. The van der Waals surface area contributed by atoms with Crippen LogP contribution < -0.4 is 0 Å². The van der Waals surface area contributed by atoms with Crippen LogP contribution in [0.2, 0.25) is 0 Å². The minimum Gasteiger partial charge on any atom is -0.208 e. The van der Waals surface area contributed by atoms with Gasteiger partial charge in [0.1, 0.15) is 0 Å². The molecule has 0 N–H and O–H groups in total. The summed E-state index contributed by atoms with van der Waals surface area (Å²) < 4.78 is 5.29. The van der Waals surface area contributed by atoms with E-state index in [4.69, 9.17) is 29.9 Å². The Morgan fingerprint density at radius 2 is 0.576 bits per heavy atom. The van der Waals surface area contributed by atoms with Crippen molar-refractivity contribution >= 4 is 63.0 Å². The van der Waals surface area contributed by atoms with Crippen LogP contribution in [-0.2, 0) is 10.8 Å². The Balaban J connectivity index is 0.000000141. The predicted octanol–water partition coefficient (Wildman–Crippen LogP) is 22.4. The summed E-state index contributed by atoms with van der Waals surface area (Å²) in [6.07, 6.45) is 0. The van der Waals surface area contributed by atoms with Crippen molar-refractivity contribution in [3.8, 4) is 113 Å². The van der Waals surface area contributed by atoms with E-state index in [1.165, 1.54) is 102 Å². The largest absolute Gasteiger partial charge is 0.208 e. The topological polar surface area (TPSA) is 77.3 Å². The molecule has 18 rings (SSSR count). The summed E-state index contributed by atoms with van der Waals surface area (Å²) >= 11 is 3.78. The molecule has 4 heterocycles. The Kier molecular flexibility index (Phi) is 13.2. The number of hydrogen-bond acceptors (Lipinski definition) is 8. The van der Waals surface area contributed by atoms with Crippen LogP contribution in [0.4, 0.5) is 0 Å². The smallest absolute Gasteiger partial charge is 0.164 e. The average Bonchev–Trinajstić information content (AvgIpc) is 1.58. The maximum Gasteiger partial charge on any atom is 0.164 e. The Labute approximate surface area is 542 Å². The Morgan fingerprint density at radius 1 is 0.217 bits per heavy atom. The van der Waals surface area contributed by atoms with E-state index in [1.807, 2.05) is 144 Å². The molecule has 0 unspecified atom stereocenters. The van der Waals surface area contributed by atoms with Crippen molar-refractivity contribution in [1.29, 1.82) is 0 Å². The van der Waals surface area contributed by atoms with E-state index in [0.29, 0.717) is 34.9 Å². The number of aromatic nitrogens is 6. The van der Waals surface area contributed by atoms with Crippen LogP contribution in [0.1, 0.15) is 49.9 Å². The first-order valence-electron chi connectivity index (χ1n) is 31.2. The van der Waals surface area contributed by atoms with E-state index in [1.54, 1.807) is 0 Å². The molecule has 92 heavy (non-hydrogen) atoms. The summed E-state index contributed by atoms with van der Waals surface area (Å²) in [7, 11) is 0. The minimum atomic E-state index is -0.0187. The molecule has 2 aliphatic rings. The van der Waals surface area contributed by atoms with Gasteiger partial charge in [0.15, 0.2) is 34.9 Å². The Bertz CT molecular complexity index is 5450. The molecule has 0 aliphatic heterocycles. The second-order valence-electron chi connectivity index (χ2n) is 25.0. The van der Waals surface area contributed by atoms with E-state index in [0.717, 1.165) is 38.9 Å². The summed E-state index contributed by atoms with van der Waals surface area (Å²) in [5, 5.41) is 5.26. The van der Waals surface area contributed by atoms with E-state index >= 15 is 0 Å². The summed E-state index contributed by atoms with van der Waals surface area (Å²) in [5.74, 6) is 3.99. The summed E-state index contributed by atoms with van der Waals surface area (Å²) in [6.45, 7) is 9.39. The molecular weight excluding hydrogens is 1160 g/mol. The molecule has 0 amide bonds. The van der Waals surface area contributed by atoms with Gasteiger partial charge in [-0.3, -0.25) is 0 Å². The van der Waals surface area contributed by atoms with Gasteiger partial charge >= 0.3 is 0 Å². The third-order valence-corrected chi connectivity index (χ3v) is 21.0. The molecule has 8 heteroatoms. The number of hydrogen-bond donors (Lipinski definition) is 0. The van der Waals surface area contributed by atoms with Gasteiger partial charge in [0.25, 0.3) is 0 Å². The van der Waals surface area contributed by atoms with Gasteiger partial charge in [0.2, 0.25) is 0 Å². The lowest BCUT2D eigenvalue weighted by Crippen LogP contribution is -2.14. The molecule has 436 valence electrons. The van der Waals surface area contributed by atoms with Crippen molar-refractivity contribution in [3.63, 3.8) is 0 Å².